The van der Waals surface area contributed by atoms with E-state index in [0.29, 0.717) is 12.5 Å². The predicted octanol–water partition coefficient (Wildman–Crippen LogP) is 3.89. The molecule has 2 fully saturated rings. The Morgan fingerprint density at radius 1 is 1.09 bits per heavy atom. The number of likely N-dealkylation sites (N-methyl/N-ethyl adjacent to an activating group) is 1. The molecule has 2 N–H and O–H groups in total. The molecule has 35 heavy (non-hydrogen) atoms. The van der Waals surface area contributed by atoms with Crippen LogP contribution in [-0.2, 0) is 4.79 Å². The molecule has 0 spiro atoms. The number of piperidine rings is 1. The Labute approximate surface area is 205 Å². The number of H-pyrrole nitrogens is 1. The molecule has 2 aliphatic rings. The Balaban J connectivity index is 1.17. The molecule has 5 rings (SSSR count). The van der Waals surface area contributed by atoms with E-state index in [2.05, 4.69) is 32.0 Å². The number of anilines is 2. The zero-order chi connectivity index (χ0) is 24.4. The fraction of sp³-hybridized carbons (Fsp3) is 0.444. The van der Waals surface area contributed by atoms with Crippen LogP contribution in [0, 0.1) is 5.82 Å². The molecule has 0 aliphatic carbocycles. The summed E-state index contributed by atoms with van der Waals surface area (Å²) in [5.41, 5.74) is 3.96. The van der Waals surface area contributed by atoms with E-state index in [0.717, 1.165) is 80.1 Å². The third-order valence-corrected chi connectivity index (χ3v) is 7.38. The lowest BCUT2D eigenvalue weighted by Gasteiger charge is -2.35. The molecule has 186 valence electrons. The Morgan fingerprint density at radius 2 is 1.86 bits per heavy atom. The summed E-state index contributed by atoms with van der Waals surface area (Å²) in [6, 6.07) is 10.7. The fourth-order valence-corrected chi connectivity index (χ4v) is 5.32. The van der Waals surface area contributed by atoms with Crippen molar-refractivity contribution in [2.24, 2.45) is 0 Å². The van der Waals surface area contributed by atoms with Gasteiger partial charge in [0.15, 0.2) is 0 Å². The van der Waals surface area contributed by atoms with Gasteiger partial charge >= 0.3 is 0 Å². The van der Waals surface area contributed by atoms with E-state index in [-0.39, 0.29) is 11.7 Å². The van der Waals surface area contributed by atoms with Crippen molar-refractivity contribution in [1.82, 2.24) is 14.8 Å². The highest BCUT2D eigenvalue weighted by Crippen LogP contribution is 2.34. The number of amides is 1. The van der Waals surface area contributed by atoms with Crippen LogP contribution < -0.4 is 15.0 Å². The predicted molar refractivity (Wildman–Crippen MR) is 138 cm³/mol. The van der Waals surface area contributed by atoms with Crippen LogP contribution in [0.5, 0.6) is 5.75 Å². The summed E-state index contributed by atoms with van der Waals surface area (Å²) < 4.78 is 19.3. The lowest BCUT2D eigenvalue weighted by molar-refractivity contribution is -0.117. The largest absolute Gasteiger partial charge is 0.495 e. The average Bonchev–Trinajstić information content (AvgIpc) is 3.28. The minimum absolute atomic E-state index is 0.00731. The van der Waals surface area contributed by atoms with Gasteiger partial charge in [-0.2, -0.15) is 0 Å². The lowest BCUT2D eigenvalue weighted by atomic mass is 9.89. The number of hydrogen-bond acceptors (Lipinski definition) is 5. The number of aromatic nitrogens is 1. The molecule has 0 radical (unpaired) electrons. The van der Waals surface area contributed by atoms with Crippen molar-refractivity contribution in [1.29, 1.82) is 0 Å². The van der Waals surface area contributed by atoms with Gasteiger partial charge in [-0.15, -0.1) is 0 Å². The Morgan fingerprint density at radius 3 is 2.60 bits per heavy atom. The number of carbonyl (C=O) groups excluding carboxylic acids is 1. The number of nitrogens with zero attached hydrogens (tertiary/aromatic N) is 3. The van der Waals surface area contributed by atoms with E-state index in [4.69, 9.17) is 4.74 Å². The number of halogens is 1. The number of benzene rings is 2. The molecule has 7 nitrogen and oxygen atoms in total. The van der Waals surface area contributed by atoms with Gasteiger partial charge in [-0.3, -0.25) is 9.69 Å². The smallest absolute Gasteiger partial charge is 0.238 e. The monoisotopic (exact) mass is 479 g/mol. The molecular weight excluding hydrogens is 445 g/mol. The Bertz CT molecular complexity index is 1180. The summed E-state index contributed by atoms with van der Waals surface area (Å²) in [6.07, 6.45) is 3.92. The molecule has 2 aromatic carbocycles. The van der Waals surface area contributed by atoms with Crippen molar-refractivity contribution < 1.29 is 13.9 Å². The standard InChI is InChI=1S/C27H34FN5O2/c1-31-11-13-33(14-12-31)25-16-21(4-6-26(25)35-2)30-27(34)18-32-9-7-19(8-10-32)23-17-29-24-5-3-20(28)15-22(23)24/h3-6,15-17,19,29H,7-14,18H2,1-2H3,(H,30,34). The molecule has 0 unspecified atom stereocenters. The van der Waals surface area contributed by atoms with Gasteiger partial charge in [-0.1, -0.05) is 0 Å². The maximum absolute atomic E-state index is 13.8. The summed E-state index contributed by atoms with van der Waals surface area (Å²) in [4.78, 5) is 22.9. The lowest BCUT2D eigenvalue weighted by Crippen LogP contribution is -2.44. The zero-order valence-electron chi connectivity index (χ0n) is 20.5. The number of likely N-dealkylation sites (tertiary alicyclic amines) is 1. The third-order valence-electron chi connectivity index (χ3n) is 7.38. The molecule has 8 heteroatoms. The first-order chi connectivity index (χ1) is 17.0. The molecule has 2 saturated heterocycles. The molecule has 1 amide bonds. The van der Waals surface area contributed by atoms with Gasteiger partial charge in [0.2, 0.25) is 5.91 Å². The van der Waals surface area contributed by atoms with Crippen molar-refractivity contribution in [2.45, 2.75) is 18.8 Å². The second-order valence-electron chi connectivity index (χ2n) is 9.71. The quantitative estimate of drug-likeness (QED) is 0.562. The van der Waals surface area contributed by atoms with Gasteiger partial charge in [0.1, 0.15) is 11.6 Å². The van der Waals surface area contributed by atoms with E-state index in [1.165, 1.54) is 11.6 Å². The van der Waals surface area contributed by atoms with E-state index in [1.807, 2.05) is 24.4 Å². The van der Waals surface area contributed by atoms with E-state index in [9.17, 15) is 9.18 Å². The van der Waals surface area contributed by atoms with Crippen LogP contribution in [0.3, 0.4) is 0 Å². The summed E-state index contributed by atoms with van der Waals surface area (Å²) in [6.45, 7) is 5.92. The van der Waals surface area contributed by atoms with Crippen molar-refractivity contribution >= 4 is 28.2 Å². The number of aromatic amines is 1. The van der Waals surface area contributed by atoms with Gasteiger partial charge in [0, 0.05) is 49.0 Å². The topological polar surface area (TPSA) is 63.8 Å². The van der Waals surface area contributed by atoms with E-state index in [1.54, 1.807) is 19.2 Å². The van der Waals surface area contributed by atoms with Gasteiger partial charge in [-0.05, 0) is 80.9 Å². The summed E-state index contributed by atoms with van der Waals surface area (Å²) >= 11 is 0. The number of piperazine rings is 1. The van der Waals surface area contributed by atoms with Crippen LogP contribution in [0.4, 0.5) is 15.8 Å². The average molecular weight is 480 g/mol. The van der Waals surface area contributed by atoms with E-state index < -0.39 is 0 Å². The Kier molecular flexibility index (Phi) is 6.92. The number of fused-ring (bicyclic) bond motifs is 1. The molecule has 1 aromatic heterocycles. The van der Waals surface area contributed by atoms with Gasteiger partial charge < -0.3 is 24.8 Å². The summed E-state index contributed by atoms with van der Waals surface area (Å²) in [5, 5.41) is 4.05. The first-order valence-electron chi connectivity index (χ1n) is 12.4. The second-order valence-corrected chi connectivity index (χ2v) is 9.71. The highest BCUT2D eigenvalue weighted by Gasteiger charge is 2.24. The van der Waals surface area contributed by atoms with Crippen molar-refractivity contribution in [3.05, 3.63) is 54.0 Å². The van der Waals surface area contributed by atoms with Crippen molar-refractivity contribution in [3.63, 3.8) is 0 Å². The molecule has 0 bridgehead atoms. The third kappa shape index (κ3) is 5.28. The van der Waals surface area contributed by atoms with E-state index >= 15 is 0 Å². The first kappa shape index (κ1) is 23.6. The molecule has 3 aromatic rings. The summed E-state index contributed by atoms with van der Waals surface area (Å²) in [5.74, 6) is 0.985. The van der Waals surface area contributed by atoms with Crippen molar-refractivity contribution in [3.8, 4) is 5.75 Å². The number of ether oxygens (including phenoxy) is 1. The molecular formula is C27H34FN5O2. The maximum Gasteiger partial charge on any atom is 0.238 e. The van der Waals surface area contributed by atoms with Crippen LogP contribution in [0.2, 0.25) is 0 Å². The number of methoxy groups -OCH3 is 1. The minimum atomic E-state index is -0.207. The molecule has 3 heterocycles. The number of hydrogen-bond donors (Lipinski definition) is 2. The highest BCUT2D eigenvalue weighted by atomic mass is 19.1. The summed E-state index contributed by atoms with van der Waals surface area (Å²) in [7, 11) is 3.82. The van der Waals surface area contributed by atoms with Crippen LogP contribution in [0.15, 0.2) is 42.6 Å². The van der Waals surface area contributed by atoms with Crippen LogP contribution in [0.25, 0.3) is 10.9 Å². The SMILES string of the molecule is COc1ccc(NC(=O)CN2CCC(c3c[nH]c4ccc(F)cc34)CC2)cc1N1CCN(C)CC1. The van der Waals surface area contributed by atoms with Crippen LogP contribution >= 0.6 is 0 Å². The second kappa shape index (κ2) is 10.3. The molecule has 0 atom stereocenters. The number of nitrogens with one attached hydrogen (secondary N) is 2. The van der Waals surface area contributed by atoms with Crippen LogP contribution in [-0.4, -0.2) is 80.7 Å². The molecule has 2 aliphatic heterocycles. The van der Waals surface area contributed by atoms with Gasteiger partial charge in [0.05, 0.1) is 19.3 Å². The van der Waals surface area contributed by atoms with Crippen LogP contribution in [0.1, 0.15) is 24.3 Å². The molecule has 0 saturated carbocycles. The number of rotatable bonds is 6. The first-order valence-corrected chi connectivity index (χ1v) is 12.4. The van der Waals surface area contributed by atoms with Crippen molar-refractivity contribution in [2.75, 3.05) is 70.2 Å². The highest BCUT2D eigenvalue weighted by molar-refractivity contribution is 5.93. The normalized spacial score (nSPS) is 18.2. The van der Waals surface area contributed by atoms with Gasteiger partial charge in [-0.25, -0.2) is 4.39 Å². The maximum atomic E-state index is 13.8. The number of carbonyl (C=O) groups is 1. The van der Waals surface area contributed by atoms with Gasteiger partial charge in [0.25, 0.3) is 0 Å². The zero-order valence-corrected chi connectivity index (χ0v) is 20.5. The Hall–Kier alpha value is -3.10. The fourth-order valence-electron chi connectivity index (χ4n) is 5.32. The minimum Gasteiger partial charge on any atom is -0.495 e.